The van der Waals surface area contributed by atoms with Gasteiger partial charge >= 0.3 is 6.03 Å². The third kappa shape index (κ3) is 4.81. The van der Waals surface area contributed by atoms with Crippen LogP contribution in [0.1, 0.15) is 36.0 Å². The highest BCUT2D eigenvalue weighted by molar-refractivity contribution is 6.31. The number of hydrogen-bond donors (Lipinski definition) is 2. The molecule has 43 heavy (non-hydrogen) atoms. The fraction of sp³-hybridized carbons (Fsp3) is 0.152. The van der Waals surface area contributed by atoms with E-state index in [2.05, 4.69) is 15.6 Å². The van der Waals surface area contributed by atoms with Crippen LogP contribution in [-0.2, 0) is 9.59 Å². The molecule has 3 aliphatic rings. The third-order valence-corrected chi connectivity index (χ3v) is 8.12. The quantitative estimate of drug-likeness (QED) is 0.321. The number of halogens is 1. The zero-order valence-corrected chi connectivity index (χ0v) is 23.3. The Bertz CT molecular complexity index is 1730. The molecule has 1 atom stereocenters. The maximum atomic E-state index is 14.4. The summed E-state index contributed by atoms with van der Waals surface area (Å²) in [5.41, 5.74) is 3.00. The van der Waals surface area contributed by atoms with E-state index < -0.39 is 22.1 Å². The summed E-state index contributed by atoms with van der Waals surface area (Å²) >= 11 is 0. The van der Waals surface area contributed by atoms with Crippen LogP contribution in [0.25, 0.3) is 17.3 Å². The van der Waals surface area contributed by atoms with Crippen molar-refractivity contribution < 1.29 is 28.5 Å². The summed E-state index contributed by atoms with van der Waals surface area (Å²) in [6.45, 7) is 0. The number of amides is 3. The number of rotatable bonds is 7. The minimum atomic E-state index is -1.30. The number of urea groups is 1. The van der Waals surface area contributed by atoms with Gasteiger partial charge < -0.3 is 15.2 Å². The highest BCUT2D eigenvalue weighted by atomic mass is 19.1. The molecule has 9 nitrogen and oxygen atoms in total. The van der Waals surface area contributed by atoms with Gasteiger partial charge in [0, 0.05) is 11.3 Å². The minimum absolute atomic E-state index is 0.346. The topological polar surface area (TPSA) is 114 Å². The van der Waals surface area contributed by atoms with Crippen LogP contribution >= 0.6 is 0 Å². The van der Waals surface area contributed by atoms with Gasteiger partial charge in [-0.3, -0.25) is 10.1 Å². The molecule has 0 radical (unpaired) electrons. The van der Waals surface area contributed by atoms with E-state index in [1.165, 1.54) is 18.2 Å². The van der Waals surface area contributed by atoms with E-state index in [9.17, 15) is 23.9 Å². The number of carbonyl (C=O) groups excluding carboxylic acids is 3. The lowest BCUT2D eigenvalue weighted by molar-refractivity contribution is -0.813. The minimum Gasteiger partial charge on any atom is -0.545 e. The Morgan fingerprint density at radius 2 is 1.67 bits per heavy atom. The highest BCUT2D eigenvalue weighted by Crippen LogP contribution is 2.46. The van der Waals surface area contributed by atoms with E-state index >= 15 is 0 Å². The van der Waals surface area contributed by atoms with Crippen LogP contribution in [0.15, 0.2) is 102 Å². The second-order valence-electron chi connectivity index (χ2n) is 10.7. The average molecular weight is 578 g/mol. The molecule has 6 rings (SSSR count). The molecular weight excluding hydrogens is 549 g/mol. The van der Waals surface area contributed by atoms with E-state index in [4.69, 9.17) is 0 Å². The molecular formula is C33H28FN5O4. The Morgan fingerprint density at radius 3 is 2.30 bits per heavy atom. The lowest BCUT2D eigenvalue weighted by atomic mass is 9.76. The first-order valence-electron chi connectivity index (χ1n) is 13.8. The number of quaternary nitrogens is 1. The van der Waals surface area contributed by atoms with Gasteiger partial charge in [-0.15, -0.1) is 0 Å². The zero-order valence-electron chi connectivity index (χ0n) is 23.3. The van der Waals surface area contributed by atoms with Crippen molar-refractivity contribution in [1.29, 1.82) is 0 Å². The van der Waals surface area contributed by atoms with Crippen LogP contribution in [-0.4, -0.2) is 45.9 Å². The largest absolute Gasteiger partial charge is 0.545 e. The molecule has 0 bridgehead atoms. The molecule has 1 saturated carbocycles. The van der Waals surface area contributed by atoms with E-state index in [-0.39, 0.29) is 11.7 Å². The molecule has 3 amide bonds. The fourth-order valence-electron chi connectivity index (χ4n) is 5.69. The fourth-order valence-corrected chi connectivity index (χ4v) is 5.69. The normalized spacial score (nSPS) is 20.0. The number of nitrogens with zero attached hydrogens (tertiary/aromatic N) is 3. The number of aliphatic imine (C=N–C) groups is 1. The van der Waals surface area contributed by atoms with Gasteiger partial charge in [-0.2, -0.15) is 4.99 Å². The smallest absolute Gasteiger partial charge is 0.453 e. The molecule has 0 aromatic heterocycles. The predicted molar refractivity (Wildman–Crippen MR) is 158 cm³/mol. The van der Waals surface area contributed by atoms with Crippen LogP contribution in [0.3, 0.4) is 0 Å². The molecule has 216 valence electrons. The van der Waals surface area contributed by atoms with Gasteiger partial charge in [0.2, 0.25) is 5.91 Å². The molecule has 2 N–H and O–H groups in total. The monoisotopic (exact) mass is 577 g/mol. The first-order chi connectivity index (χ1) is 20.7. The number of anilines is 1. The number of benzene rings is 3. The lowest BCUT2D eigenvalue weighted by Gasteiger charge is -2.42. The number of amidine groups is 1. The average Bonchev–Trinajstić information content (AvgIpc) is 3.53. The summed E-state index contributed by atoms with van der Waals surface area (Å²) in [5, 5.41) is 18.4. The van der Waals surface area contributed by atoms with E-state index in [1.807, 2.05) is 30.3 Å². The molecule has 1 aliphatic carbocycles. The Kier molecular flexibility index (Phi) is 6.99. The van der Waals surface area contributed by atoms with Crippen LogP contribution in [0.2, 0.25) is 0 Å². The number of carboxylic acids is 1. The summed E-state index contributed by atoms with van der Waals surface area (Å²) in [5.74, 6) is -1.54. The second-order valence-corrected chi connectivity index (χ2v) is 10.7. The summed E-state index contributed by atoms with van der Waals surface area (Å²) in [6.07, 6.45) is 7.27. The molecule has 3 aromatic rings. The van der Waals surface area contributed by atoms with Gasteiger partial charge in [0.05, 0.1) is 24.8 Å². The first-order valence-corrected chi connectivity index (χ1v) is 13.8. The van der Waals surface area contributed by atoms with Crippen molar-refractivity contribution in [1.82, 2.24) is 10.3 Å². The van der Waals surface area contributed by atoms with Crippen LogP contribution in [0.5, 0.6) is 0 Å². The Hall–Kier alpha value is -5.35. The van der Waals surface area contributed by atoms with Gasteiger partial charge in [0.15, 0.2) is 6.20 Å². The van der Waals surface area contributed by atoms with Crippen LogP contribution in [0, 0.1) is 5.82 Å². The van der Waals surface area contributed by atoms with Gasteiger partial charge in [-0.1, -0.05) is 53.1 Å². The number of aliphatic carboxylic acids is 1. The van der Waals surface area contributed by atoms with Crippen LogP contribution < -0.4 is 15.7 Å². The number of carboxylic acid groups (broad SMARTS) is 1. The number of carbonyl (C=O) groups is 3. The molecule has 2 heterocycles. The molecule has 3 aromatic carbocycles. The van der Waals surface area contributed by atoms with E-state index in [0.717, 1.165) is 23.6 Å². The highest BCUT2D eigenvalue weighted by Gasteiger charge is 2.60. The predicted octanol–water partition coefficient (Wildman–Crippen LogP) is 4.29. The van der Waals surface area contributed by atoms with Crippen molar-refractivity contribution in [2.75, 3.05) is 12.4 Å². The second kappa shape index (κ2) is 10.8. The number of nitrogens with one attached hydrogen (secondary N) is 2. The lowest BCUT2D eigenvalue weighted by Crippen LogP contribution is -2.69. The van der Waals surface area contributed by atoms with Crippen molar-refractivity contribution in [3.8, 4) is 0 Å². The van der Waals surface area contributed by atoms with Crippen molar-refractivity contribution in [3.05, 3.63) is 120 Å². The standard InChI is InChI=1S/C33H28FN5O4/c1-38-29(24-11-13-25(34)14-12-24)28(23-6-3-2-4-7-23)30-35-20-21-39(30,38)32(43)37-33(18-5-19-33)31(42)36-26-15-8-22(9-16-26)10-17-27(40)41/h2-4,6-17,20-21H,5,18-19H2,1H3,(H2-,36,37,40,41,42,43)/b17-10+. The Balaban J connectivity index is 1.30. The van der Waals surface area contributed by atoms with Crippen molar-refractivity contribution in [2.45, 2.75) is 24.8 Å². The SMILES string of the molecule is CN1C(c2ccc(F)cc2)=C(c2ccccc2)C2=NC=C[N+]21C(=O)NC1(C(=O)Nc2ccc(/C=C/C(=O)[O-])cc2)CCC1. The molecule has 2 aliphatic heterocycles. The Morgan fingerprint density at radius 1 is 0.977 bits per heavy atom. The Labute approximate surface area is 247 Å². The molecule has 0 spiro atoms. The van der Waals surface area contributed by atoms with Gasteiger partial charge in [-0.25, -0.2) is 14.2 Å². The number of hydrogen-bond acceptors (Lipinski definition) is 6. The van der Waals surface area contributed by atoms with Gasteiger partial charge in [0.1, 0.15) is 17.1 Å². The van der Waals surface area contributed by atoms with Crippen LogP contribution in [0.4, 0.5) is 14.9 Å². The number of fused-ring (bicyclic) bond motifs is 1. The van der Waals surface area contributed by atoms with Crippen molar-refractivity contribution in [2.24, 2.45) is 4.99 Å². The van der Waals surface area contributed by atoms with Gasteiger partial charge in [-0.05, 0) is 72.9 Å². The first kappa shape index (κ1) is 27.8. The summed E-state index contributed by atoms with van der Waals surface area (Å²) in [7, 11) is 1.78. The zero-order chi connectivity index (χ0) is 30.2. The third-order valence-electron chi connectivity index (χ3n) is 8.12. The molecule has 1 fully saturated rings. The maximum absolute atomic E-state index is 14.4. The van der Waals surface area contributed by atoms with E-state index in [0.29, 0.717) is 41.2 Å². The summed E-state index contributed by atoms with van der Waals surface area (Å²) in [4.78, 5) is 43.3. The van der Waals surface area contributed by atoms with Crippen molar-refractivity contribution in [3.63, 3.8) is 0 Å². The molecule has 1 unspecified atom stereocenters. The summed E-state index contributed by atoms with van der Waals surface area (Å²) < 4.78 is 13.5. The van der Waals surface area contributed by atoms with E-state index in [1.54, 1.807) is 60.9 Å². The maximum Gasteiger partial charge on any atom is 0.453 e. The molecule has 10 heteroatoms. The van der Waals surface area contributed by atoms with Gasteiger partial charge in [0.25, 0.3) is 5.84 Å². The summed E-state index contributed by atoms with van der Waals surface area (Å²) in [6, 6.07) is 21.9. The molecule has 0 saturated heterocycles. The van der Waals surface area contributed by atoms with Crippen molar-refractivity contribution >= 4 is 46.8 Å².